The van der Waals surface area contributed by atoms with Crippen LogP contribution in [0.25, 0.3) is 0 Å². The summed E-state index contributed by atoms with van der Waals surface area (Å²) in [4.78, 5) is 2.51. The van der Waals surface area contributed by atoms with E-state index in [-0.39, 0.29) is 5.82 Å². The van der Waals surface area contributed by atoms with Crippen LogP contribution < -0.4 is 5.32 Å². The number of nitrogens with zero attached hydrogens (tertiary/aromatic N) is 3. The Morgan fingerprint density at radius 3 is 2.86 bits per heavy atom. The van der Waals surface area contributed by atoms with Crippen LogP contribution in [0.4, 0.5) is 10.1 Å². The second-order valence-electron chi connectivity index (χ2n) is 5.91. The first-order valence-corrected chi connectivity index (χ1v) is 8.01. The van der Waals surface area contributed by atoms with Gasteiger partial charge in [-0.25, -0.2) is 4.39 Å². The third kappa shape index (κ3) is 4.31. The second kappa shape index (κ2) is 7.40. The summed E-state index contributed by atoms with van der Waals surface area (Å²) < 4.78 is 14.9. The van der Waals surface area contributed by atoms with Gasteiger partial charge in [-0.1, -0.05) is 0 Å². The van der Waals surface area contributed by atoms with E-state index in [1.165, 1.54) is 31.5 Å². The van der Waals surface area contributed by atoms with Gasteiger partial charge in [0.1, 0.15) is 5.82 Å². The van der Waals surface area contributed by atoms with Gasteiger partial charge in [0, 0.05) is 37.2 Å². The van der Waals surface area contributed by atoms with Crippen LogP contribution in [-0.4, -0.2) is 40.4 Å². The number of halogens is 1. The molecule has 4 nitrogen and oxygen atoms in total. The van der Waals surface area contributed by atoms with Crippen molar-refractivity contribution < 1.29 is 4.39 Å². The van der Waals surface area contributed by atoms with E-state index in [1.807, 2.05) is 35.3 Å². The molecule has 1 unspecified atom stereocenters. The number of aryl methyl sites for hydroxylation is 1. The van der Waals surface area contributed by atoms with Crippen LogP contribution in [0, 0.1) is 5.82 Å². The molecule has 1 aliphatic rings. The molecule has 0 amide bonds. The van der Waals surface area contributed by atoms with E-state index in [0.29, 0.717) is 6.04 Å². The standard InChI is InChI=1S/C17H23FN4/c18-15-5-7-16(8-6-15)20-17-4-1-10-21(14-17)11-3-13-22-12-2-9-19-22/h2,5-9,12,17,20H,1,3-4,10-11,13-14H2. The molecule has 1 aliphatic heterocycles. The van der Waals surface area contributed by atoms with Gasteiger partial charge in [0.15, 0.2) is 0 Å². The van der Waals surface area contributed by atoms with E-state index in [4.69, 9.17) is 0 Å². The molecule has 5 heteroatoms. The lowest BCUT2D eigenvalue weighted by Gasteiger charge is -2.33. The Morgan fingerprint density at radius 2 is 2.09 bits per heavy atom. The highest BCUT2D eigenvalue weighted by Crippen LogP contribution is 2.16. The molecule has 0 bridgehead atoms. The maximum absolute atomic E-state index is 12.9. The highest BCUT2D eigenvalue weighted by atomic mass is 19.1. The van der Waals surface area contributed by atoms with Crippen molar-refractivity contribution >= 4 is 5.69 Å². The van der Waals surface area contributed by atoms with Crippen molar-refractivity contribution in [2.45, 2.75) is 31.8 Å². The van der Waals surface area contributed by atoms with Crippen LogP contribution in [0.3, 0.4) is 0 Å². The zero-order chi connectivity index (χ0) is 15.2. The molecule has 1 fully saturated rings. The molecule has 0 saturated carbocycles. The molecular weight excluding hydrogens is 279 g/mol. The zero-order valence-electron chi connectivity index (χ0n) is 12.8. The van der Waals surface area contributed by atoms with Crippen LogP contribution in [0.1, 0.15) is 19.3 Å². The van der Waals surface area contributed by atoms with Crippen molar-refractivity contribution in [2.24, 2.45) is 0 Å². The van der Waals surface area contributed by atoms with Gasteiger partial charge >= 0.3 is 0 Å². The number of hydrogen-bond acceptors (Lipinski definition) is 3. The highest BCUT2D eigenvalue weighted by Gasteiger charge is 2.19. The molecule has 1 N–H and O–H groups in total. The number of aromatic nitrogens is 2. The Labute approximate surface area is 130 Å². The molecule has 2 aromatic rings. The minimum Gasteiger partial charge on any atom is -0.381 e. The van der Waals surface area contributed by atoms with Crippen LogP contribution in [0.5, 0.6) is 0 Å². The van der Waals surface area contributed by atoms with Gasteiger partial charge in [0.25, 0.3) is 0 Å². The largest absolute Gasteiger partial charge is 0.381 e. The molecule has 3 rings (SSSR count). The van der Waals surface area contributed by atoms with E-state index in [1.54, 1.807) is 0 Å². The van der Waals surface area contributed by atoms with Crippen molar-refractivity contribution in [1.29, 1.82) is 0 Å². The van der Waals surface area contributed by atoms with E-state index in [0.717, 1.165) is 31.7 Å². The normalized spacial score (nSPS) is 19.2. The van der Waals surface area contributed by atoms with Gasteiger partial charge in [0.2, 0.25) is 0 Å². The maximum atomic E-state index is 12.9. The number of nitrogens with one attached hydrogen (secondary N) is 1. The molecular formula is C17H23FN4. The molecule has 118 valence electrons. The second-order valence-corrected chi connectivity index (χ2v) is 5.91. The maximum Gasteiger partial charge on any atom is 0.123 e. The topological polar surface area (TPSA) is 33.1 Å². The Morgan fingerprint density at radius 1 is 1.23 bits per heavy atom. The van der Waals surface area contributed by atoms with Crippen LogP contribution in [0.15, 0.2) is 42.7 Å². The SMILES string of the molecule is Fc1ccc(NC2CCCN(CCCn3cccn3)C2)cc1. The zero-order valence-corrected chi connectivity index (χ0v) is 12.8. The highest BCUT2D eigenvalue weighted by molar-refractivity contribution is 5.43. The van der Waals surface area contributed by atoms with E-state index >= 15 is 0 Å². The lowest BCUT2D eigenvalue weighted by atomic mass is 10.0. The molecule has 2 heterocycles. The molecule has 1 aromatic heterocycles. The Kier molecular flexibility index (Phi) is 5.06. The number of hydrogen-bond donors (Lipinski definition) is 1. The first-order valence-electron chi connectivity index (χ1n) is 8.01. The van der Waals surface area contributed by atoms with Crippen molar-refractivity contribution in [1.82, 2.24) is 14.7 Å². The summed E-state index contributed by atoms with van der Waals surface area (Å²) in [6, 6.07) is 9.05. The van der Waals surface area contributed by atoms with E-state index in [9.17, 15) is 4.39 Å². The van der Waals surface area contributed by atoms with Crippen LogP contribution in [0.2, 0.25) is 0 Å². The summed E-state index contributed by atoms with van der Waals surface area (Å²) in [6.07, 6.45) is 7.33. The molecule has 1 saturated heterocycles. The number of anilines is 1. The number of benzene rings is 1. The smallest absolute Gasteiger partial charge is 0.123 e. The molecule has 1 atom stereocenters. The number of rotatable bonds is 6. The van der Waals surface area contributed by atoms with Gasteiger partial charge in [-0.15, -0.1) is 0 Å². The summed E-state index contributed by atoms with van der Waals surface area (Å²) >= 11 is 0. The quantitative estimate of drug-likeness (QED) is 0.890. The summed E-state index contributed by atoms with van der Waals surface area (Å²) in [5.74, 6) is -0.186. The number of piperidine rings is 1. The van der Waals surface area contributed by atoms with Gasteiger partial charge < -0.3 is 10.2 Å². The lowest BCUT2D eigenvalue weighted by Crippen LogP contribution is -2.42. The predicted octanol–water partition coefficient (Wildman–Crippen LogP) is 2.99. The predicted molar refractivity (Wildman–Crippen MR) is 86.3 cm³/mol. The van der Waals surface area contributed by atoms with Crippen molar-refractivity contribution in [3.05, 3.63) is 48.5 Å². The van der Waals surface area contributed by atoms with Crippen LogP contribution >= 0.6 is 0 Å². The van der Waals surface area contributed by atoms with E-state index in [2.05, 4.69) is 15.3 Å². The first kappa shape index (κ1) is 15.0. The van der Waals surface area contributed by atoms with Crippen molar-refractivity contribution in [2.75, 3.05) is 25.0 Å². The third-order valence-corrected chi connectivity index (χ3v) is 4.14. The Bertz CT molecular complexity index is 553. The van der Waals surface area contributed by atoms with Gasteiger partial charge in [-0.2, -0.15) is 5.10 Å². The van der Waals surface area contributed by atoms with Gasteiger partial charge in [-0.05, 0) is 62.7 Å². The summed E-state index contributed by atoms with van der Waals surface area (Å²) in [5, 5.41) is 7.75. The molecule has 0 spiro atoms. The average molecular weight is 302 g/mol. The minimum atomic E-state index is -0.186. The molecule has 1 aromatic carbocycles. The average Bonchev–Trinajstić information content (AvgIpc) is 3.03. The fourth-order valence-corrected chi connectivity index (χ4v) is 3.05. The van der Waals surface area contributed by atoms with Crippen molar-refractivity contribution in [3.63, 3.8) is 0 Å². The number of likely N-dealkylation sites (tertiary alicyclic amines) is 1. The van der Waals surface area contributed by atoms with Crippen molar-refractivity contribution in [3.8, 4) is 0 Å². The first-order chi connectivity index (χ1) is 10.8. The fraction of sp³-hybridized carbons (Fsp3) is 0.471. The van der Waals surface area contributed by atoms with Gasteiger partial charge in [0.05, 0.1) is 0 Å². The fourth-order valence-electron chi connectivity index (χ4n) is 3.05. The Hall–Kier alpha value is -1.88. The molecule has 0 radical (unpaired) electrons. The summed E-state index contributed by atoms with van der Waals surface area (Å²) in [6.45, 7) is 4.29. The minimum absolute atomic E-state index is 0.186. The monoisotopic (exact) mass is 302 g/mol. The van der Waals surface area contributed by atoms with Gasteiger partial charge in [-0.3, -0.25) is 4.68 Å². The summed E-state index contributed by atoms with van der Waals surface area (Å²) in [5.41, 5.74) is 1.00. The summed E-state index contributed by atoms with van der Waals surface area (Å²) in [7, 11) is 0. The molecule has 22 heavy (non-hydrogen) atoms. The Balaban J connectivity index is 1.43. The van der Waals surface area contributed by atoms with Crippen LogP contribution in [-0.2, 0) is 6.54 Å². The molecule has 0 aliphatic carbocycles. The van der Waals surface area contributed by atoms with E-state index < -0.39 is 0 Å². The lowest BCUT2D eigenvalue weighted by molar-refractivity contribution is 0.210. The third-order valence-electron chi connectivity index (χ3n) is 4.14.